The molecule has 2 amide bonds. The molecule has 4 aliphatic rings. The Morgan fingerprint density at radius 3 is 2.62 bits per heavy atom. The lowest BCUT2D eigenvalue weighted by Crippen LogP contribution is -2.61. The zero-order valence-electron chi connectivity index (χ0n) is 14.8. The smallest absolute Gasteiger partial charge is 0.319 e. The molecule has 130 valence electrons. The first-order valence-electron chi connectivity index (χ1n) is 8.96. The first-order chi connectivity index (χ1) is 11.6. The van der Waals surface area contributed by atoms with Gasteiger partial charge in [-0.2, -0.15) is 0 Å². The number of nitrogens with zero attached hydrogens (tertiary/aromatic N) is 3. The van der Waals surface area contributed by atoms with Crippen molar-refractivity contribution >= 4 is 6.03 Å². The van der Waals surface area contributed by atoms with Gasteiger partial charge in [0.25, 0.3) is 0 Å². The van der Waals surface area contributed by atoms with Crippen molar-refractivity contribution in [3.05, 3.63) is 29.8 Å². The Balaban J connectivity index is 1.71. The van der Waals surface area contributed by atoms with E-state index >= 15 is 0 Å². The second kappa shape index (κ2) is 5.96. The SMILES string of the molecule is COc1cccc([C@@H]2CN(C(=O)N(C)C)[C@@H]3C4CCN(CC4)[C@@H]32)c1. The minimum absolute atomic E-state index is 0.157. The maximum Gasteiger partial charge on any atom is 0.319 e. The molecule has 5 nitrogen and oxygen atoms in total. The Kier molecular flexibility index (Phi) is 3.91. The molecule has 0 radical (unpaired) electrons. The average molecular weight is 329 g/mol. The normalized spacial score (nSPS) is 34.1. The van der Waals surface area contributed by atoms with E-state index in [0.29, 0.717) is 23.9 Å². The van der Waals surface area contributed by atoms with Crippen LogP contribution in [0.1, 0.15) is 24.3 Å². The van der Waals surface area contributed by atoms with Crippen LogP contribution in [0.2, 0.25) is 0 Å². The quantitative estimate of drug-likeness (QED) is 0.835. The molecule has 0 saturated carbocycles. The molecule has 24 heavy (non-hydrogen) atoms. The molecule has 4 heterocycles. The van der Waals surface area contributed by atoms with Crippen molar-refractivity contribution in [1.82, 2.24) is 14.7 Å². The molecule has 5 heteroatoms. The molecule has 1 aromatic rings. The van der Waals surface area contributed by atoms with Crippen LogP contribution < -0.4 is 4.74 Å². The van der Waals surface area contributed by atoms with E-state index in [4.69, 9.17) is 4.74 Å². The van der Waals surface area contributed by atoms with E-state index in [-0.39, 0.29) is 6.03 Å². The largest absolute Gasteiger partial charge is 0.497 e. The number of hydrogen-bond acceptors (Lipinski definition) is 3. The summed E-state index contributed by atoms with van der Waals surface area (Å²) >= 11 is 0. The van der Waals surface area contributed by atoms with Gasteiger partial charge in [-0.15, -0.1) is 0 Å². The second-order valence-corrected chi connectivity index (χ2v) is 7.57. The predicted octanol–water partition coefficient (Wildman–Crippen LogP) is 2.24. The van der Waals surface area contributed by atoms with E-state index in [1.807, 2.05) is 20.2 Å². The Bertz CT molecular complexity index is 625. The third-order valence-electron chi connectivity index (χ3n) is 6.14. The number of benzene rings is 1. The molecule has 4 fully saturated rings. The number of fused-ring (bicyclic) bond motifs is 2. The van der Waals surface area contributed by atoms with Crippen molar-refractivity contribution in [2.24, 2.45) is 5.92 Å². The van der Waals surface area contributed by atoms with E-state index < -0.39 is 0 Å². The zero-order valence-corrected chi connectivity index (χ0v) is 14.8. The van der Waals surface area contributed by atoms with Crippen molar-refractivity contribution in [2.45, 2.75) is 30.8 Å². The first-order valence-corrected chi connectivity index (χ1v) is 8.96. The summed E-state index contributed by atoms with van der Waals surface area (Å²) in [4.78, 5) is 19.3. The number of carbonyl (C=O) groups excluding carboxylic acids is 1. The summed E-state index contributed by atoms with van der Waals surface area (Å²) in [5.74, 6) is 1.93. The highest BCUT2D eigenvalue weighted by Crippen LogP contribution is 2.47. The third-order valence-corrected chi connectivity index (χ3v) is 6.14. The molecule has 4 saturated heterocycles. The molecule has 1 aromatic carbocycles. The van der Waals surface area contributed by atoms with Crippen LogP contribution >= 0.6 is 0 Å². The standard InChI is InChI=1S/C19H27N3O2/c1-20(2)19(23)22-12-16(14-5-4-6-15(11-14)24-3)18-17(22)13-7-9-21(18)10-8-13/h4-6,11,13,16-18H,7-10,12H2,1-3H3/t16-,17+,18+/m0/s1. The van der Waals surface area contributed by atoms with Crippen LogP contribution in [0.5, 0.6) is 5.75 Å². The number of ether oxygens (including phenoxy) is 1. The minimum Gasteiger partial charge on any atom is -0.497 e. The van der Waals surface area contributed by atoms with Crippen molar-refractivity contribution in [1.29, 1.82) is 0 Å². The molecule has 0 aliphatic carbocycles. The summed E-state index contributed by atoms with van der Waals surface area (Å²) in [5, 5.41) is 0. The topological polar surface area (TPSA) is 36.0 Å². The monoisotopic (exact) mass is 329 g/mol. The van der Waals surface area contributed by atoms with Crippen LogP contribution in [0.25, 0.3) is 0 Å². The van der Waals surface area contributed by atoms with E-state index in [2.05, 4.69) is 28.0 Å². The Hall–Kier alpha value is -1.75. The molecule has 3 atom stereocenters. The Morgan fingerprint density at radius 1 is 1.21 bits per heavy atom. The maximum atomic E-state index is 12.8. The predicted molar refractivity (Wildman–Crippen MR) is 93.4 cm³/mol. The lowest BCUT2D eigenvalue weighted by molar-refractivity contribution is 0.000896. The number of urea groups is 1. The summed E-state index contributed by atoms with van der Waals surface area (Å²) < 4.78 is 5.42. The number of methoxy groups -OCH3 is 1. The van der Waals surface area contributed by atoms with Crippen LogP contribution in [-0.2, 0) is 0 Å². The number of piperidine rings is 3. The summed E-state index contributed by atoms with van der Waals surface area (Å²) in [6.45, 7) is 3.17. The lowest BCUT2D eigenvalue weighted by Gasteiger charge is -2.51. The third kappa shape index (κ3) is 2.37. The highest BCUT2D eigenvalue weighted by molar-refractivity contribution is 5.75. The number of hydrogen-bond donors (Lipinski definition) is 0. The summed E-state index contributed by atoms with van der Waals surface area (Å²) in [6, 6.07) is 9.37. The molecule has 0 spiro atoms. The highest BCUT2D eigenvalue weighted by Gasteiger charge is 2.54. The van der Waals surface area contributed by atoms with Gasteiger partial charge in [0.05, 0.1) is 13.2 Å². The maximum absolute atomic E-state index is 12.8. The summed E-state index contributed by atoms with van der Waals surface area (Å²) in [6.07, 6.45) is 2.45. The number of amides is 2. The van der Waals surface area contributed by atoms with Crippen molar-refractivity contribution < 1.29 is 9.53 Å². The number of likely N-dealkylation sites (tertiary alicyclic amines) is 1. The fourth-order valence-corrected chi connectivity index (χ4v) is 5.06. The van der Waals surface area contributed by atoms with Crippen LogP contribution in [0, 0.1) is 5.92 Å². The van der Waals surface area contributed by atoms with Gasteiger partial charge in [-0.1, -0.05) is 12.1 Å². The second-order valence-electron chi connectivity index (χ2n) is 7.57. The van der Waals surface area contributed by atoms with Crippen LogP contribution in [0.3, 0.4) is 0 Å². The lowest BCUT2D eigenvalue weighted by atomic mass is 9.75. The number of carbonyl (C=O) groups is 1. The van der Waals surface area contributed by atoms with Crippen molar-refractivity contribution in [2.75, 3.05) is 40.8 Å². The first kappa shape index (κ1) is 15.8. The van der Waals surface area contributed by atoms with Gasteiger partial charge in [-0.25, -0.2) is 4.79 Å². The van der Waals surface area contributed by atoms with E-state index in [1.165, 1.54) is 31.5 Å². The van der Waals surface area contributed by atoms with Crippen LogP contribution in [0.4, 0.5) is 4.79 Å². The average Bonchev–Trinajstić information content (AvgIpc) is 3.04. The molecule has 0 aromatic heterocycles. The molecule has 4 aliphatic heterocycles. The van der Waals surface area contributed by atoms with Gasteiger partial charge in [0.1, 0.15) is 5.75 Å². The molecular weight excluding hydrogens is 302 g/mol. The van der Waals surface area contributed by atoms with Crippen molar-refractivity contribution in [3.63, 3.8) is 0 Å². The van der Waals surface area contributed by atoms with Gasteiger partial charge in [0.2, 0.25) is 0 Å². The summed E-state index contributed by atoms with van der Waals surface area (Å²) in [5.41, 5.74) is 1.30. The highest BCUT2D eigenvalue weighted by atomic mass is 16.5. The van der Waals surface area contributed by atoms with Crippen LogP contribution in [-0.4, -0.2) is 73.7 Å². The van der Waals surface area contributed by atoms with Gasteiger partial charge in [-0.3, -0.25) is 4.90 Å². The van der Waals surface area contributed by atoms with Gasteiger partial charge in [0.15, 0.2) is 0 Å². The minimum atomic E-state index is 0.157. The Labute approximate surface area is 144 Å². The van der Waals surface area contributed by atoms with Gasteiger partial charge in [0, 0.05) is 32.6 Å². The molecule has 0 unspecified atom stereocenters. The summed E-state index contributed by atoms with van der Waals surface area (Å²) in [7, 11) is 5.43. The molecule has 2 bridgehead atoms. The fraction of sp³-hybridized carbons (Fsp3) is 0.632. The van der Waals surface area contributed by atoms with Gasteiger partial charge >= 0.3 is 6.03 Å². The van der Waals surface area contributed by atoms with E-state index in [9.17, 15) is 4.79 Å². The van der Waals surface area contributed by atoms with E-state index in [1.54, 1.807) is 12.0 Å². The molecule has 5 rings (SSSR count). The zero-order chi connectivity index (χ0) is 16.8. The fourth-order valence-electron chi connectivity index (χ4n) is 5.06. The van der Waals surface area contributed by atoms with Gasteiger partial charge < -0.3 is 14.5 Å². The van der Waals surface area contributed by atoms with Gasteiger partial charge in [-0.05, 0) is 49.5 Å². The number of rotatable bonds is 2. The molecular formula is C19H27N3O2. The van der Waals surface area contributed by atoms with E-state index in [0.717, 1.165) is 12.3 Å². The Morgan fingerprint density at radius 2 is 1.96 bits per heavy atom. The van der Waals surface area contributed by atoms with Crippen molar-refractivity contribution in [3.8, 4) is 5.75 Å². The van der Waals surface area contributed by atoms with Crippen LogP contribution in [0.15, 0.2) is 24.3 Å². The molecule has 0 N–H and O–H groups in total.